The van der Waals surface area contributed by atoms with E-state index in [1.54, 1.807) is 0 Å². The Balaban J connectivity index is 2.53. The molecule has 4 heteroatoms. The molecule has 0 bridgehead atoms. The van der Waals surface area contributed by atoms with Crippen molar-refractivity contribution in [1.82, 2.24) is 0 Å². The van der Waals surface area contributed by atoms with Crippen LogP contribution >= 0.6 is 0 Å². The summed E-state index contributed by atoms with van der Waals surface area (Å²) in [7, 11) is 0. The number of hydrogen-bond acceptors (Lipinski definition) is 2. The van der Waals surface area contributed by atoms with Crippen LogP contribution in [0.15, 0.2) is 0 Å². The van der Waals surface area contributed by atoms with Gasteiger partial charge in [-0.05, 0) is 12.8 Å². The highest BCUT2D eigenvalue weighted by atomic mass is 19.1. The van der Waals surface area contributed by atoms with Gasteiger partial charge in [0.15, 0.2) is 0 Å². The highest BCUT2D eigenvalue weighted by Gasteiger charge is 2.35. The average Bonchev–Trinajstić information content (AvgIpc) is 2.05. The fraction of sp³-hybridized carbons (Fsp3) is 0.875. The van der Waals surface area contributed by atoms with E-state index in [9.17, 15) is 9.18 Å². The highest BCUT2D eigenvalue weighted by molar-refractivity contribution is 5.67. The van der Waals surface area contributed by atoms with Crippen molar-refractivity contribution in [2.24, 2.45) is 5.41 Å². The topological polar surface area (TPSA) is 46.5 Å². The summed E-state index contributed by atoms with van der Waals surface area (Å²) in [6.45, 7) is 0.274. The van der Waals surface area contributed by atoms with Gasteiger partial charge in [0, 0.05) is 12.0 Å². The minimum Gasteiger partial charge on any atom is -0.481 e. The van der Waals surface area contributed by atoms with Crippen molar-refractivity contribution in [3.8, 4) is 0 Å². The van der Waals surface area contributed by atoms with Crippen molar-refractivity contribution in [1.29, 1.82) is 0 Å². The molecule has 0 aromatic carbocycles. The molecule has 1 unspecified atom stereocenters. The minimum atomic E-state index is -0.946. The largest absolute Gasteiger partial charge is 0.481 e. The maximum Gasteiger partial charge on any atom is 0.304 e. The average molecular weight is 176 g/mol. The Kier molecular flexibility index (Phi) is 3.03. The molecule has 70 valence electrons. The number of hydrogen-bond donors (Lipinski definition) is 1. The molecule has 1 heterocycles. The summed E-state index contributed by atoms with van der Waals surface area (Å²) >= 11 is 0. The lowest BCUT2D eigenvalue weighted by Crippen LogP contribution is -2.36. The van der Waals surface area contributed by atoms with Gasteiger partial charge >= 0.3 is 5.97 Å². The van der Waals surface area contributed by atoms with E-state index in [0.717, 1.165) is 6.42 Å². The van der Waals surface area contributed by atoms with Gasteiger partial charge in [-0.2, -0.15) is 0 Å². The number of carboxylic acid groups (broad SMARTS) is 1. The van der Waals surface area contributed by atoms with Crippen molar-refractivity contribution in [3.63, 3.8) is 0 Å². The molecule has 0 saturated carbocycles. The summed E-state index contributed by atoms with van der Waals surface area (Å²) in [5.74, 6) is -0.946. The SMILES string of the molecule is O=C(O)CC1(CF)CCCOC1. The monoisotopic (exact) mass is 176 g/mol. The summed E-state index contributed by atoms with van der Waals surface area (Å²) in [6, 6.07) is 0. The molecule has 0 aromatic rings. The first-order chi connectivity index (χ1) is 5.68. The molecule has 0 amide bonds. The number of halogens is 1. The zero-order chi connectivity index (χ0) is 9.03. The second-order valence-electron chi connectivity index (χ2n) is 3.36. The van der Waals surface area contributed by atoms with Crippen LogP contribution in [0.3, 0.4) is 0 Å². The summed E-state index contributed by atoms with van der Waals surface area (Å²) in [6.07, 6.45) is 1.26. The number of rotatable bonds is 3. The molecule has 1 N–H and O–H groups in total. The Morgan fingerprint density at radius 3 is 2.83 bits per heavy atom. The predicted molar refractivity (Wildman–Crippen MR) is 40.7 cm³/mol. The van der Waals surface area contributed by atoms with Crippen LogP contribution in [0, 0.1) is 5.41 Å². The van der Waals surface area contributed by atoms with Gasteiger partial charge in [0.05, 0.1) is 19.7 Å². The number of ether oxygens (including phenoxy) is 1. The molecule has 1 aliphatic rings. The van der Waals surface area contributed by atoms with Gasteiger partial charge < -0.3 is 9.84 Å². The molecule has 1 fully saturated rings. The first-order valence-electron chi connectivity index (χ1n) is 4.04. The normalized spacial score (nSPS) is 30.1. The first kappa shape index (κ1) is 9.45. The smallest absolute Gasteiger partial charge is 0.304 e. The summed E-state index contributed by atoms with van der Waals surface area (Å²) in [4.78, 5) is 10.4. The molecule has 0 aromatic heterocycles. The Labute approximate surface area is 70.5 Å². The second kappa shape index (κ2) is 3.85. The van der Waals surface area contributed by atoms with Crippen LogP contribution in [0.25, 0.3) is 0 Å². The quantitative estimate of drug-likeness (QED) is 0.703. The summed E-state index contributed by atoms with van der Waals surface area (Å²) in [5.41, 5.74) is -0.746. The maximum atomic E-state index is 12.6. The van der Waals surface area contributed by atoms with E-state index in [1.807, 2.05) is 0 Å². The van der Waals surface area contributed by atoms with Crippen LogP contribution in [0.2, 0.25) is 0 Å². The van der Waals surface area contributed by atoms with Gasteiger partial charge in [0.25, 0.3) is 0 Å². The molecule has 3 nitrogen and oxygen atoms in total. The van der Waals surface area contributed by atoms with Gasteiger partial charge in [0.1, 0.15) is 0 Å². The van der Waals surface area contributed by atoms with Crippen LogP contribution in [-0.2, 0) is 9.53 Å². The zero-order valence-corrected chi connectivity index (χ0v) is 6.88. The van der Waals surface area contributed by atoms with Gasteiger partial charge in [-0.3, -0.25) is 9.18 Å². The lowest BCUT2D eigenvalue weighted by atomic mass is 9.81. The number of alkyl halides is 1. The Hall–Kier alpha value is -0.640. The molecular formula is C8H13FO3. The molecule has 1 rings (SSSR count). The lowest BCUT2D eigenvalue weighted by Gasteiger charge is -2.32. The number of aliphatic carboxylic acids is 1. The Morgan fingerprint density at radius 1 is 1.67 bits per heavy atom. The van der Waals surface area contributed by atoms with Crippen LogP contribution < -0.4 is 0 Å². The Bertz CT molecular complexity index is 164. The first-order valence-corrected chi connectivity index (χ1v) is 4.04. The number of carboxylic acids is 1. The maximum absolute atomic E-state index is 12.6. The fourth-order valence-corrected chi connectivity index (χ4v) is 1.52. The minimum absolute atomic E-state index is 0.122. The molecule has 0 spiro atoms. The summed E-state index contributed by atoms with van der Waals surface area (Å²) < 4.78 is 17.6. The third-order valence-electron chi connectivity index (χ3n) is 2.21. The van der Waals surface area contributed by atoms with Crippen molar-refractivity contribution in [3.05, 3.63) is 0 Å². The third kappa shape index (κ3) is 2.17. The van der Waals surface area contributed by atoms with E-state index < -0.39 is 18.1 Å². The van der Waals surface area contributed by atoms with E-state index in [2.05, 4.69) is 0 Å². The van der Waals surface area contributed by atoms with E-state index in [1.165, 1.54) is 0 Å². The zero-order valence-electron chi connectivity index (χ0n) is 6.88. The van der Waals surface area contributed by atoms with Crippen molar-refractivity contribution < 1.29 is 19.0 Å². The molecule has 0 aliphatic carbocycles. The predicted octanol–water partition coefficient (Wildman–Crippen LogP) is 1.23. The van der Waals surface area contributed by atoms with Gasteiger partial charge in [0.2, 0.25) is 0 Å². The number of carbonyl (C=O) groups is 1. The van der Waals surface area contributed by atoms with Crippen molar-refractivity contribution in [2.75, 3.05) is 19.9 Å². The molecule has 1 aliphatic heterocycles. The van der Waals surface area contributed by atoms with Crippen LogP contribution in [0.1, 0.15) is 19.3 Å². The third-order valence-corrected chi connectivity index (χ3v) is 2.21. The van der Waals surface area contributed by atoms with Crippen molar-refractivity contribution >= 4 is 5.97 Å². The summed E-state index contributed by atoms with van der Waals surface area (Å²) in [5, 5.41) is 8.54. The van der Waals surface area contributed by atoms with E-state index in [4.69, 9.17) is 9.84 Å². The Morgan fingerprint density at radius 2 is 2.42 bits per heavy atom. The standard InChI is InChI=1S/C8H13FO3/c9-5-8(4-7(10)11)2-1-3-12-6-8/h1-6H2,(H,10,11). The molecule has 12 heavy (non-hydrogen) atoms. The van der Waals surface area contributed by atoms with Gasteiger partial charge in [-0.1, -0.05) is 0 Å². The molecule has 1 saturated heterocycles. The van der Waals surface area contributed by atoms with Crippen LogP contribution in [0.5, 0.6) is 0 Å². The fourth-order valence-electron chi connectivity index (χ4n) is 1.52. The van der Waals surface area contributed by atoms with Gasteiger partial charge in [-0.25, -0.2) is 0 Å². The van der Waals surface area contributed by atoms with E-state index in [-0.39, 0.29) is 13.0 Å². The lowest BCUT2D eigenvalue weighted by molar-refractivity contribution is -0.143. The van der Waals surface area contributed by atoms with Crippen LogP contribution in [-0.4, -0.2) is 31.0 Å². The highest BCUT2D eigenvalue weighted by Crippen LogP contribution is 2.32. The van der Waals surface area contributed by atoms with E-state index in [0.29, 0.717) is 13.0 Å². The molecule has 1 atom stereocenters. The second-order valence-corrected chi connectivity index (χ2v) is 3.36. The molecule has 0 radical (unpaired) electrons. The molecular weight excluding hydrogens is 163 g/mol. The van der Waals surface area contributed by atoms with Crippen molar-refractivity contribution in [2.45, 2.75) is 19.3 Å². The van der Waals surface area contributed by atoms with E-state index >= 15 is 0 Å². The van der Waals surface area contributed by atoms with Gasteiger partial charge in [-0.15, -0.1) is 0 Å². The van der Waals surface area contributed by atoms with Crippen LogP contribution in [0.4, 0.5) is 4.39 Å².